The van der Waals surface area contributed by atoms with Crippen LogP contribution in [0.1, 0.15) is 67.7 Å². The zero-order chi connectivity index (χ0) is 29.2. The van der Waals surface area contributed by atoms with Crippen molar-refractivity contribution in [2.75, 3.05) is 27.1 Å². The van der Waals surface area contributed by atoms with Crippen LogP contribution in [0.2, 0.25) is 5.04 Å². The monoisotopic (exact) mass is 562 g/mol. The second-order valence-corrected chi connectivity index (χ2v) is 17.9. The third-order valence-electron chi connectivity index (χ3n) is 10.1. The Labute approximate surface area is 243 Å². The molecule has 0 saturated heterocycles. The Bertz CT molecular complexity index is 1160. The second-order valence-electron chi connectivity index (χ2n) is 13.6. The number of fused-ring (bicyclic) bond motifs is 2. The van der Waals surface area contributed by atoms with Gasteiger partial charge in [-0.1, -0.05) is 120 Å². The maximum Gasteiger partial charge on any atom is 0.261 e. The molecule has 0 heterocycles. The molecule has 1 fully saturated rings. The second kappa shape index (κ2) is 11.7. The van der Waals surface area contributed by atoms with E-state index in [1.54, 1.807) is 7.11 Å². The van der Waals surface area contributed by atoms with Crippen molar-refractivity contribution in [3.63, 3.8) is 0 Å². The average molecular weight is 563 g/mol. The van der Waals surface area contributed by atoms with Crippen LogP contribution in [0.4, 0.5) is 0 Å². The van der Waals surface area contributed by atoms with E-state index in [1.165, 1.54) is 15.9 Å². The predicted octanol–water partition coefficient (Wildman–Crippen LogP) is 6.63. The number of hydrogen-bond acceptors (Lipinski definition) is 4. The Morgan fingerprint density at radius 3 is 2.05 bits per heavy atom. The van der Waals surface area contributed by atoms with Crippen molar-refractivity contribution in [3.05, 3.63) is 84.0 Å². The van der Waals surface area contributed by atoms with Crippen molar-refractivity contribution < 1.29 is 19.0 Å². The molecule has 0 spiro atoms. The van der Waals surface area contributed by atoms with Gasteiger partial charge in [-0.2, -0.15) is 0 Å². The Kier molecular flexibility index (Phi) is 9.04. The number of aliphatic hydroxyl groups is 1. The van der Waals surface area contributed by atoms with Gasteiger partial charge in [0.1, 0.15) is 6.79 Å². The van der Waals surface area contributed by atoms with Gasteiger partial charge in [0.25, 0.3) is 8.32 Å². The summed E-state index contributed by atoms with van der Waals surface area (Å²) in [4.78, 5) is 0. The van der Waals surface area contributed by atoms with Gasteiger partial charge in [-0.25, -0.2) is 0 Å². The summed E-state index contributed by atoms with van der Waals surface area (Å²) in [6, 6.07) is 21.5. The first-order valence-corrected chi connectivity index (χ1v) is 16.7. The van der Waals surface area contributed by atoms with Crippen LogP contribution in [0.15, 0.2) is 84.0 Å². The topological polar surface area (TPSA) is 47.9 Å². The fourth-order valence-corrected chi connectivity index (χ4v) is 12.0. The van der Waals surface area contributed by atoms with Gasteiger partial charge in [0, 0.05) is 19.6 Å². The zero-order valence-electron chi connectivity index (χ0n) is 25.9. The normalized spacial score (nSPS) is 26.3. The van der Waals surface area contributed by atoms with Gasteiger partial charge >= 0.3 is 0 Å². The fourth-order valence-electron chi connectivity index (χ4n) is 7.56. The van der Waals surface area contributed by atoms with Crippen LogP contribution in [0.25, 0.3) is 0 Å². The van der Waals surface area contributed by atoms with Crippen LogP contribution in [-0.4, -0.2) is 46.1 Å². The lowest BCUT2D eigenvalue weighted by Crippen LogP contribution is -2.66. The van der Waals surface area contributed by atoms with E-state index < -0.39 is 13.9 Å². The summed E-state index contributed by atoms with van der Waals surface area (Å²) in [5, 5.41) is 14.7. The molecule has 4 rings (SSSR count). The summed E-state index contributed by atoms with van der Waals surface area (Å²) >= 11 is 0. The molecule has 2 aliphatic carbocycles. The first kappa shape index (κ1) is 30.9. The highest BCUT2D eigenvalue weighted by molar-refractivity contribution is 6.99. The summed E-state index contributed by atoms with van der Waals surface area (Å²) in [6.45, 7) is 17.5. The van der Waals surface area contributed by atoms with Crippen molar-refractivity contribution >= 4 is 18.7 Å². The minimum Gasteiger partial charge on any atom is -0.404 e. The SMILES string of the molecule is COCOCCCC1=CC2C(C)(C)[C@]1(C)C[C@@]2(O)/C(C)=C/CO[Si](c1ccccc1)(c1ccccc1)C(C)(C)C. The molecule has 1 unspecified atom stereocenters. The van der Waals surface area contributed by atoms with Crippen molar-refractivity contribution in [1.29, 1.82) is 0 Å². The van der Waals surface area contributed by atoms with E-state index in [0.29, 0.717) is 20.0 Å². The maximum absolute atomic E-state index is 12.2. The van der Waals surface area contributed by atoms with Crippen molar-refractivity contribution in [3.8, 4) is 0 Å². The lowest BCUT2D eigenvalue weighted by atomic mass is 9.67. The van der Waals surface area contributed by atoms with E-state index in [-0.39, 0.29) is 21.8 Å². The fraction of sp³-hybridized carbons (Fsp3) is 0.543. The van der Waals surface area contributed by atoms with Crippen molar-refractivity contribution in [2.45, 2.75) is 78.4 Å². The summed E-state index contributed by atoms with van der Waals surface area (Å²) in [5.41, 5.74) is 1.53. The molecule has 2 aromatic carbocycles. The Morgan fingerprint density at radius 2 is 1.57 bits per heavy atom. The quantitative estimate of drug-likeness (QED) is 0.136. The van der Waals surface area contributed by atoms with E-state index in [9.17, 15) is 5.11 Å². The molecular weight excluding hydrogens is 512 g/mol. The zero-order valence-corrected chi connectivity index (χ0v) is 26.9. The molecule has 0 aromatic heterocycles. The van der Waals surface area contributed by atoms with Crippen molar-refractivity contribution in [2.24, 2.45) is 16.7 Å². The number of benzene rings is 2. The van der Waals surface area contributed by atoms with E-state index in [2.05, 4.69) is 121 Å². The molecule has 0 aliphatic heterocycles. The minimum absolute atomic E-state index is 0.0293. The maximum atomic E-state index is 12.2. The average Bonchev–Trinajstić information content (AvgIpc) is 3.20. The molecular formula is C35H50O4Si. The molecule has 2 aliphatic rings. The summed E-state index contributed by atoms with van der Waals surface area (Å²) < 4.78 is 17.7. The molecule has 0 amide bonds. The van der Waals surface area contributed by atoms with Gasteiger partial charge in [-0.05, 0) is 58.0 Å². The third kappa shape index (κ3) is 5.20. The Morgan fingerprint density at radius 1 is 1.00 bits per heavy atom. The molecule has 5 heteroatoms. The number of methoxy groups -OCH3 is 1. The smallest absolute Gasteiger partial charge is 0.261 e. The lowest BCUT2D eigenvalue weighted by molar-refractivity contribution is -0.0313. The van der Waals surface area contributed by atoms with Crippen LogP contribution in [0.5, 0.6) is 0 Å². The number of rotatable bonds is 12. The molecule has 4 nitrogen and oxygen atoms in total. The minimum atomic E-state index is -2.63. The number of ether oxygens (including phenoxy) is 2. The molecule has 218 valence electrons. The van der Waals surface area contributed by atoms with Crippen LogP contribution >= 0.6 is 0 Å². The van der Waals surface area contributed by atoms with Gasteiger partial charge in [-0.3, -0.25) is 0 Å². The Balaban J connectivity index is 1.60. The van der Waals surface area contributed by atoms with Gasteiger partial charge in [-0.15, -0.1) is 0 Å². The van der Waals surface area contributed by atoms with Gasteiger partial charge in [0.15, 0.2) is 0 Å². The lowest BCUT2D eigenvalue weighted by Gasteiger charge is -2.43. The van der Waals surface area contributed by atoms with E-state index in [0.717, 1.165) is 24.8 Å². The highest BCUT2D eigenvalue weighted by atomic mass is 28.4. The highest BCUT2D eigenvalue weighted by Crippen LogP contribution is 2.70. The largest absolute Gasteiger partial charge is 0.404 e. The number of allylic oxidation sites excluding steroid dienone is 1. The van der Waals surface area contributed by atoms with Gasteiger partial charge < -0.3 is 19.0 Å². The van der Waals surface area contributed by atoms with Crippen LogP contribution in [-0.2, 0) is 13.9 Å². The van der Waals surface area contributed by atoms with Gasteiger partial charge in [0.05, 0.1) is 12.2 Å². The summed E-state index contributed by atoms with van der Waals surface area (Å²) in [5.74, 6) is 0.0732. The van der Waals surface area contributed by atoms with Crippen LogP contribution in [0, 0.1) is 16.7 Å². The van der Waals surface area contributed by atoms with Gasteiger partial charge in [0.2, 0.25) is 0 Å². The molecule has 40 heavy (non-hydrogen) atoms. The summed E-state index contributed by atoms with van der Waals surface area (Å²) in [6.07, 6.45) is 7.23. The van der Waals surface area contributed by atoms with Crippen molar-refractivity contribution in [1.82, 2.24) is 0 Å². The highest BCUT2D eigenvalue weighted by Gasteiger charge is 2.67. The number of hydrogen-bond donors (Lipinski definition) is 1. The molecule has 3 atom stereocenters. The van der Waals surface area contributed by atoms with Crippen LogP contribution < -0.4 is 10.4 Å². The summed E-state index contributed by atoms with van der Waals surface area (Å²) in [7, 11) is -0.983. The molecule has 1 saturated carbocycles. The predicted molar refractivity (Wildman–Crippen MR) is 167 cm³/mol. The molecule has 2 aromatic rings. The molecule has 2 bridgehead atoms. The van der Waals surface area contributed by atoms with E-state index in [4.69, 9.17) is 13.9 Å². The standard InChI is InChI=1S/C35H50O4Si/c1-27(35(36)25-34(7)28(16-15-22-38-26-37-8)24-31(35)33(34,5)6)21-23-39-40(32(2,3)4,29-17-11-9-12-18-29)30-19-13-10-14-20-30/h9-14,17-21,24,31,36H,15-16,22-23,25-26H2,1-8H3/b27-21+/t31?,34-,35-/m1/s1. The van der Waals surface area contributed by atoms with E-state index in [1.807, 2.05) is 0 Å². The first-order valence-electron chi connectivity index (χ1n) is 14.8. The first-order chi connectivity index (χ1) is 18.8. The van der Waals surface area contributed by atoms with E-state index >= 15 is 0 Å². The third-order valence-corrected chi connectivity index (χ3v) is 15.1. The Hall–Kier alpha value is -2.02. The molecule has 0 radical (unpaired) electrons. The van der Waals surface area contributed by atoms with Crippen LogP contribution in [0.3, 0.4) is 0 Å². The molecule has 1 N–H and O–H groups in total.